The van der Waals surface area contributed by atoms with Crippen molar-refractivity contribution in [1.82, 2.24) is 24.5 Å². The van der Waals surface area contributed by atoms with Crippen LogP contribution in [0.2, 0.25) is 0 Å². The van der Waals surface area contributed by atoms with Crippen LogP contribution in [0, 0.1) is 6.92 Å². The first-order chi connectivity index (χ1) is 13.0. The van der Waals surface area contributed by atoms with E-state index in [-0.39, 0.29) is 11.9 Å². The first-order valence-electron chi connectivity index (χ1n) is 8.77. The number of carbonyl (C=O) groups excluding carboxylic acids is 1. The summed E-state index contributed by atoms with van der Waals surface area (Å²) in [6, 6.07) is 9.42. The van der Waals surface area contributed by atoms with Crippen molar-refractivity contribution in [2.24, 2.45) is 0 Å². The van der Waals surface area contributed by atoms with Crippen molar-refractivity contribution in [3.05, 3.63) is 66.2 Å². The first kappa shape index (κ1) is 17.0. The average Bonchev–Trinajstić information content (AvgIpc) is 3.27. The third-order valence-corrected chi connectivity index (χ3v) is 4.29. The topological polar surface area (TPSA) is 77.6 Å². The standard InChI is InChI=1S/C20H20N6O/c1-13(2)26-19-16(10-23-26)8-17(11-21-19)24-20(27)15-4-6-18(7-5-15)25-12-14(3)9-22-25/h4-13H,1-3H3,(H,24,27). The first-order valence-corrected chi connectivity index (χ1v) is 8.77. The second kappa shape index (κ2) is 6.68. The van der Waals surface area contributed by atoms with E-state index < -0.39 is 0 Å². The monoisotopic (exact) mass is 360 g/mol. The van der Waals surface area contributed by atoms with Gasteiger partial charge in [0.25, 0.3) is 5.91 Å². The molecule has 0 fully saturated rings. The number of hydrogen-bond donors (Lipinski definition) is 1. The van der Waals surface area contributed by atoms with Gasteiger partial charge in [0.2, 0.25) is 0 Å². The number of pyridine rings is 1. The minimum Gasteiger partial charge on any atom is -0.321 e. The molecule has 0 saturated heterocycles. The molecular weight excluding hydrogens is 340 g/mol. The number of carbonyl (C=O) groups is 1. The zero-order valence-corrected chi connectivity index (χ0v) is 15.4. The molecular formula is C20H20N6O. The van der Waals surface area contributed by atoms with E-state index in [1.807, 2.05) is 36.0 Å². The summed E-state index contributed by atoms with van der Waals surface area (Å²) >= 11 is 0. The summed E-state index contributed by atoms with van der Waals surface area (Å²) < 4.78 is 3.64. The lowest BCUT2D eigenvalue weighted by Crippen LogP contribution is -2.12. The van der Waals surface area contributed by atoms with Gasteiger partial charge in [-0.3, -0.25) is 4.79 Å². The van der Waals surface area contributed by atoms with Crippen LogP contribution in [-0.4, -0.2) is 30.5 Å². The van der Waals surface area contributed by atoms with Crippen LogP contribution in [0.15, 0.2) is 55.1 Å². The van der Waals surface area contributed by atoms with Crippen LogP contribution in [-0.2, 0) is 0 Å². The Morgan fingerprint density at radius 1 is 1.07 bits per heavy atom. The van der Waals surface area contributed by atoms with E-state index in [1.54, 1.807) is 35.4 Å². The van der Waals surface area contributed by atoms with Gasteiger partial charge in [-0.25, -0.2) is 14.3 Å². The summed E-state index contributed by atoms with van der Waals surface area (Å²) in [5.74, 6) is -0.185. The van der Waals surface area contributed by atoms with Crippen molar-refractivity contribution in [1.29, 1.82) is 0 Å². The number of anilines is 1. The highest BCUT2D eigenvalue weighted by molar-refractivity contribution is 6.04. The number of aryl methyl sites for hydroxylation is 1. The maximum absolute atomic E-state index is 12.5. The van der Waals surface area contributed by atoms with E-state index in [9.17, 15) is 4.79 Å². The van der Waals surface area contributed by atoms with Gasteiger partial charge in [0, 0.05) is 23.2 Å². The molecule has 0 aliphatic carbocycles. The third-order valence-electron chi connectivity index (χ3n) is 4.29. The summed E-state index contributed by atoms with van der Waals surface area (Å²) in [5, 5.41) is 12.4. The Labute approximate surface area is 156 Å². The highest BCUT2D eigenvalue weighted by Gasteiger charge is 2.11. The number of hydrogen-bond acceptors (Lipinski definition) is 4. The van der Waals surface area contributed by atoms with Gasteiger partial charge in [-0.2, -0.15) is 10.2 Å². The maximum atomic E-state index is 12.5. The molecule has 0 unspecified atom stereocenters. The summed E-state index contributed by atoms with van der Waals surface area (Å²) in [6.45, 7) is 6.09. The van der Waals surface area contributed by atoms with E-state index in [0.717, 1.165) is 22.3 Å². The van der Waals surface area contributed by atoms with Gasteiger partial charge in [-0.15, -0.1) is 0 Å². The van der Waals surface area contributed by atoms with E-state index >= 15 is 0 Å². The third kappa shape index (κ3) is 3.31. The second-order valence-corrected chi connectivity index (χ2v) is 6.78. The van der Waals surface area contributed by atoms with Crippen molar-refractivity contribution in [3.8, 4) is 5.69 Å². The van der Waals surface area contributed by atoms with E-state index in [2.05, 4.69) is 34.3 Å². The molecule has 0 aliphatic rings. The molecule has 1 aromatic carbocycles. The van der Waals surface area contributed by atoms with Crippen LogP contribution in [0.3, 0.4) is 0 Å². The average molecular weight is 360 g/mol. The van der Waals surface area contributed by atoms with Crippen molar-refractivity contribution < 1.29 is 4.79 Å². The minimum absolute atomic E-state index is 0.185. The molecule has 7 nitrogen and oxygen atoms in total. The van der Waals surface area contributed by atoms with Crippen LogP contribution in [0.4, 0.5) is 5.69 Å². The number of aromatic nitrogens is 5. The number of amides is 1. The summed E-state index contributed by atoms with van der Waals surface area (Å²) in [4.78, 5) is 17.0. The maximum Gasteiger partial charge on any atom is 0.255 e. The molecule has 0 aliphatic heterocycles. The fourth-order valence-electron chi connectivity index (χ4n) is 2.91. The predicted octanol–water partition coefficient (Wildman–Crippen LogP) is 3.76. The van der Waals surface area contributed by atoms with Crippen molar-refractivity contribution in [3.63, 3.8) is 0 Å². The number of nitrogens with one attached hydrogen (secondary N) is 1. The number of benzene rings is 1. The van der Waals surface area contributed by atoms with Gasteiger partial charge in [-0.1, -0.05) is 0 Å². The van der Waals surface area contributed by atoms with Crippen LogP contribution in [0.5, 0.6) is 0 Å². The number of nitrogens with zero attached hydrogens (tertiary/aromatic N) is 5. The fraction of sp³-hybridized carbons (Fsp3) is 0.200. The SMILES string of the molecule is Cc1cnn(-c2ccc(C(=O)Nc3cnc4c(cnn4C(C)C)c3)cc2)c1. The molecule has 136 valence electrons. The molecule has 4 aromatic rings. The zero-order valence-electron chi connectivity index (χ0n) is 15.4. The van der Waals surface area contributed by atoms with Gasteiger partial charge in [-0.05, 0) is 56.7 Å². The van der Waals surface area contributed by atoms with E-state index in [1.165, 1.54) is 0 Å². The number of fused-ring (bicyclic) bond motifs is 1. The lowest BCUT2D eigenvalue weighted by molar-refractivity contribution is 0.102. The van der Waals surface area contributed by atoms with E-state index in [4.69, 9.17) is 0 Å². The summed E-state index contributed by atoms with van der Waals surface area (Å²) in [6.07, 6.45) is 7.15. The quantitative estimate of drug-likeness (QED) is 0.601. The van der Waals surface area contributed by atoms with Crippen molar-refractivity contribution in [2.75, 3.05) is 5.32 Å². The van der Waals surface area contributed by atoms with Gasteiger partial charge in [0.05, 0.1) is 30.0 Å². The van der Waals surface area contributed by atoms with E-state index in [0.29, 0.717) is 11.3 Å². The minimum atomic E-state index is -0.185. The highest BCUT2D eigenvalue weighted by Crippen LogP contribution is 2.20. The summed E-state index contributed by atoms with van der Waals surface area (Å²) in [7, 11) is 0. The molecule has 0 atom stereocenters. The normalized spacial score (nSPS) is 11.3. The molecule has 27 heavy (non-hydrogen) atoms. The summed E-state index contributed by atoms with van der Waals surface area (Å²) in [5.41, 5.74) is 4.01. The molecule has 3 aromatic heterocycles. The lowest BCUT2D eigenvalue weighted by atomic mass is 10.2. The Morgan fingerprint density at radius 2 is 1.85 bits per heavy atom. The Hall–Kier alpha value is -3.48. The van der Waals surface area contributed by atoms with Crippen molar-refractivity contribution >= 4 is 22.6 Å². The molecule has 0 saturated carbocycles. The van der Waals surface area contributed by atoms with Crippen LogP contribution in [0.25, 0.3) is 16.7 Å². The smallest absolute Gasteiger partial charge is 0.255 e. The number of rotatable bonds is 4. The molecule has 0 spiro atoms. The Kier molecular flexibility index (Phi) is 4.19. The molecule has 1 amide bonds. The van der Waals surface area contributed by atoms with Gasteiger partial charge in [0.15, 0.2) is 5.65 Å². The largest absolute Gasteiger partial charge is 0.321 e. The molecule has 4 rings (SSSR count). The van der Waals surface area contributed by atoms with Crippen molar-refractivity contribution in [2.45, 2.75) is 26.8 Å². The molecule has 1 N–H and O–H groups in total. The zero-order chi connectivity index (χ0) is 19.0. The molecule has 3 heterocycles. The second-order valence-electron chi connectivity index (χ2n) is 6.78. The van der Waals surface area contributed by atoms with Gasteiger partial charge in [0.1, 0.15) is 0 Å². The molecule has 0 bridgehead atoms. The highest BCUT2D eigenvalue weighted by atomic mass is 16.1. The lowest BCUT2D eigenvalue weighted by Gasteiger charge is -2.08. The molecule has 0 radical (unpaired) electrons. The van der Waals surface area contributed by atoms with Crippen LogP contribution in [0.1, 0.15) is 35.8 Å². The Bertz CT molecular complexity index is 1110. The Morgan fingerprint density at radius 3 is 2.52 bits per heavy atom. The fourth-order valence-corrected chi connectivity index (χ4v) is 2.91. The van der Waals surface area contributed by atoms with Gasteiger partial charge >= 0.3 is 0 Å². The molecule has 7 heteroatoms. The Balaban J connectivity index is 1.52. The van der Waals surface area contributed by atoms with Crippen LogP contribution >= 0.6 is 0 Å². The van der Waals surface area contributed by atoms with Crippen LogP contribution < -0.4 is 5.32 Å². The predicted molar refractivity (Wildman–Crippen MR) is 104 cm³/mol. The van der Waals surface area contributed by atoms with Gasteiger partial charge < -0.3 is 5.32 Å².